The summed E-state index contributed by atoms with van der Waals surface area (Å²) in [5.74, 6) is -1.79. The van der Waals surface area contributed by atoms with Crippen LogP contribution < -0.4 is 5.32 Å². The molecule has 160 valence electrons. The van der Waals surface area contributed by atoms with Gasteiger partial charge in [-0.25, -0.2) is 8.78 Å². The van der Waals surface area contributed by atoms with Crippen LogP contribution in [0, 0.1) is 17.6 Å². The first kappa shape index (κ1) is 21.1. The molecule has 3 aromatic rings. The number of carbonyl (C=O) groups excluding carboxylic acids is 1. The minimum absolute atomic E-state index is 0.126. The van der Waals surface area contributed by atoms with Gasteiger partial charge in [0.05, 0.1) is 11.7 Å². The SMILES string of the molecule is O=C(N[C@@H](c1ccccn1)[C@H]1CCCN(Cc2ccc(F)c(F)c2)C1)c1ccccn1. The summed E-state index contributed by atoms with van der Waals surface area (Å²) in [6.45, 7) is 2.10. The quantitative estimate of drug-likeness (QED) is 0.649. The number of aromatic nitrogens is 2. The zero-order chi connectivity index (χ0) is 21.6. The molecule has 1 aliphatic rings. The third kappa shape index (κ3) is 5.30. The van der Waals surface area contributed by atoms with Gasteiger partial charge in [-0.05, 0) is 67.3 Å². The normalized spacial score (nSPS) is 17.8. The highest BCUT2D eigenvalue weighted by molar-refractivity contribution is 5.92. The lowest BCUT2D eigenvalue weighted by Crippen LogP contribution is -2.43. The third-order valence-corrected chi connectivity index (χ3v) is 5.59. The number of rotatable bonds is 6. The Kier molecular flexibility index (Phi) is 6.62. The largest absolute Gasteiger partial charge is 0.342 e. The van der Waals surface area contributed by atoms with Crippen molar-refractivity contribution in [3.05, 3.63) is 95.6 Å². The van der Waals surface area contributed by atoms with Gasteiger partial charge in [-0.3, -0.25) is 19.7 Å². The van der Waals surface area contributed by atoms with Crippen molar-refractivity contribution in [2.24, 2.45) is 5.92 Å². The summed E-state index contributed by atoms with van der Waals surface area (Å²) >= 11 is 0. The van der Waals surface area contributed by atoms with Crippen LogP contribution in [0.15, 0.2) is 67.0 Å². The molecule has 3 heterocycles. The van der Waals surface area contributed by atoms with E-state index in [0.717, 1.165) is 36.7 Å². The molecule has 1 saturated heterocycles. The van der Waals surface area contributed by atoms with Crippen molar-refractivity contribution in [1.29, 1.82) is 0 Å². The molecule has 0 aliphatic carbocycles. The summed E-state index contributed by atoms with van der Waals surface area (Å²) in [5, 5.41) is 3.12. The van der Waals surface area contributed by atoms with Crippen molar-refractivity contribution in [1.82, 2.24) is 20.2 Å². The Morgan fingerprint density at radius 2 is 1.87 bits per heavy atom. The minimum Gasteiger partial charge on any atom is -0.342 e. The third-order valence-electron chi connectivity index (χ3n) is 5.59. The average molecular weight is 422 g/mol. The Bertz CT molecular complexity index is 1020. The van der Waals surface area contributed by atoms with Crippen molar-refractivity contribution in [3.8, 4) is 0 Å². The standard InChI is InChI=1S/C24H24F2N4O/c25-19-10-9-17(14-20(19)26)15-30-13-5-6-18(16-30)23(21-7-1-3-11-27-21)29-24(31)22-8-2-4-12-28-22/h1-4,7-12,14,18,23H,5-6,13,15-16H2,(H,29,31)/t18-,23+/m0/s1. The maximum atomic E-state index is 13.6. The van der Waals surface area contributed by atoms with E-state index in [4.69, 9.17) is 0 Å². The summed E-state index contributed by atoms with van der Waals surface area (Å²) in [7, 11) is 0. The van der Waals surface area contributed by atoms with Gasteiger partial charge in [-0.15, -0.1) is 0 Å². The fraction of sp³-hybridized carbons (Fsp3) is 0.292. The number of pyridine rings is 2. The number of carbonyl (C=O) groups is 1. The maximum absolute atomic E-state index is 13.6. The molecule has 31 heavy (non-hydrogen) atoms. The number of nitrogens with zero attached hydrogens (tertiary/aromatic N) is 3. The zero-order valence-corrected chi connectivity index (χ0v) is 17.0. The van der Waals surface area contributed by atoms with E-state index in [9.17, 15) is 13.6 Å². The Labute approximate surface area is 180 Å². The predicted octanol–water partition coefficient (Wildman–Crippen LogP) is 4.14. The van der Waals surface area contributed by atoms with Crippen molar-refractivity contribution in [3.63, 3.8) is 0 Å². The van der Waals surface area contributed by atoms with Crippen LogP contribution in [-0.4, -0.2) is 33.9 Å². The summed E-state index contributed by atoms with van der Waals surface area (Å²) in [6, 6.07) is 14.6. The van der Waals surface area contributed by atoms with Crippen molar-refractivity contribution in [2.45, 2.75) is 25.4 Å². The second kappa shape index (κ2) is 9.75. The first-order valence-corrected chi connectivity index (χ1v) is 10.4. The summed E-state index contributed by atoms with van der Waals surface area (Å²) in [6.07, 6.45) is 5.18. The molecule has 2 atom stereocenters. The van der Waals surface area contributed by atoms with Gasteiger partial charge >= 0.3 is 0 Å². The molecule has 0 saturated carbocycles. The van der Waals surface area contributed by atoms with E-state index in [2.05, 4.69) is 20.2 Å². The van der Waals surface area contributed by atoms with Gasteiger partial charge in [-0.1, -0.05) is 18.2 Å². The van der Waals surface area contributed by atoms with Crippen molar-refractivity contribution >= 4 is 5.91 Å². The van der Waals surface area contributed by atoms with Crippen LogP contribution in [0.4, 0.5) is 8.78 Å². The fourth-order valence-electron chi connectivity index (χ4n) is 4.11. The molecule has 0 radical (unpaired) electrons. The predicted molar refractivity (Wildman–Crippen MR) is 113 cm³/mol. The van der Waals surface area contributed by atoms with Gasteiger partial charge in [0.25, 0.3) is 5.91 Å². The van der Waals surface area contributed by atoms with Crippen LogP contribution in [-0.2, 0) is 6.54 Å². The Morgan fingerprint density at radius 3 is 2.58 bits per heavy atom. The topological polar surface area (TPSA) is 58.1 Å². The molecule has 1 fully saturated rings. The molecule has 0 bridgehead atoms. The highest BCUT2D eigenvalue weighted by atomic mass is 19.2. The monoisotopic (exact) mass is 422 g/mol. The molecule has 1 aliphatic heterocycles. The lowest BCUT2D eigenvalue weighted by Gasteiger charge is -2.37. The smallest absolute Gasteiger partial charge is 0.270 e. The number of hydrogen-bond acceptors (Lipinski definition) is 4. The van der Waals surface area contributed by atoms with Crippen LogP contribution in [0.5, 0.6) is 0 Å². The lowest BCUT2D eigenvalue weighted by atomic mass is 9.88. The van der Waals surface area contributed by atoms with Crippen LogP contribution in [0.3, 0.4) is 0 Å². The van der Waals surface area contributed by atoms with Gasteiger partial charge in [0, 0.05) is 25.5 Å². The van der Waals surface area contributed by atoms with Crippen LogP contribution >= 0.6 is 0 Å². The molecule has 2 aromatic heterocycles. The number of halogens is 2. The van der Waals surface area contributed by atoms with Gasteiger partial charge < -0.3 is 5.32 Å². The molecular weight excluding hydrogens is 398 g/mol. The number of hydrogen-bond donors (Lipinski definition) is 1. The molecule has 0 unspecified atom stereocenters. The summed E-state index contributed by atoms with van der Waals surface area (Å²) in [5.41, 5.74) is 1.88. The van der Waals surface area contributed by atoms with E-state index in [1.807, 2.05) is 18.2 Å². The second-order valence-electron chi connectivity index (χ2n) is 7.81. The second-order valence-corrected chi connectivity index (χ2v) is 7.81. The Hall–Kier alpha value is -3.19. The lowest BCUT2D eigenvalue weighted by molar-refractivity contribution is 0.0870. The number of nitrogens with one attached hydrogen (secondary N) is 1. The zero-order valence-electron chi connectivity index (χ0n) is 17.0. The molecule has 5 nitrogen and oxygen atoms in total. The molecule has 1 aromatic carbocycles. The Morgan fingerprint density at radius 1 is 1.06 bits per heavy atom. The fourth-order valence-corrected chi connectivity index (χ4v) is 4.11. The molecule has 1 amide bonds. The van der Waals surface area contributed by atoms with Crippen LogP contribution in [0.1, 0.15) is 40.6 Å². The molecule has 4 rings (SSSR count). The van der Waals surface area contributed by atoms with Gasteiger partial charge in [0.2, 0.25) is 0 Å². The highest BCUT2D eigenvalue weighted by Crippen LogP contribution is 2.30. The van der Waals surface area contributed by atoms with E-state index in [0.29, 0.717) is 18.8 Å². The molecule has 7 heteroatoms. The summed E-state index contributed by atoms with van der Waals surface area (Å²) < 4.78 is 26.9. The summed E-state index contributed by atoms with van der Waals surface area (Å²) in [4.78, 5) is 23.7. The van der Waals surface area contributed by atoms with Gasteiger partial charge in [0.1, 0.15) is 5.69 Å². The van der Waals surface area contributed by atoms with Crippen molar-refractivity contribution < 1.29 is 13.6 Å². The number of piperidine rings is 1. The number of benzene rings is 1. The van der Waals surface area contributed by atoms with Gasteiger partial charge in [0.15, 0.2) is 11.6 Å². The first-order chi connectivity index (χ1) is 15.1. The number of amides is 1. The highest BCUT2D eigenvalue weighted by Gasteiger charge is 2.31. The molecule has 0 spiro atoms. The molecule has 1 N–H and O–H groups in total. The number of likely N-dealkylation sites (tertiary alicyclic amines) is 1. The van der Waals surface area contributed by atoms with E-state index < -0.39 is 11.6 Å². The maximum Gasteiger partial charge on any atom is 0.270 e. The van der Waals surface area contributed by atoms with E-state index in [1.165, 1.54) is 6.07 Å². The van der Waals surface area contributed by atoms with Crippen LogP contribution in [0.2, 0.25) is 0 Å². The molecular formula is C24H24F2N4O. The van der Waals surface area contributed by atoms with Crippen molar-refractivity contribution in [2.75, 3.05) is 13.1 Å². The van der Waals surface area contributed by atoms with E-state index in [-0.39, 0.29) is 17.9 Å². The first-order valence-electron chi connectivity index (χ1n) is 10.4. The van der Waals surface area contributed by atoms with Crippen LogP contribution in [0.25, 0.3) is 0 Å². The average Bonchev–Trinajstić information content (AvgIpc) is 2.81. The Balaban J connectivity index is 1.51. The van der Waals surface area contributed by atoms with E-state index in [1.54, 1.807) is 36.7 Å². The van der Waals surface area contributed by atoms with Gasteiger partial charge in [-0.2, -0.15) is 0 Å². The minimum atomic E-state index is -0.840. The van der Waals surface area contributed by atoms with E-state index >= 15 is 0 Å².